The van der Waals surface area contributed by atoms with Gasteiger partial charge in [-0.05, 0) is 70.7 Å². The molecule has 6 nitrogen and oxygen atoms in total. The first-order chi connectivity index (χ1) is 13.8. The van der Waals surface area contributed by atoms with Gasteiger partial charge in [-0.1, -0.05) is 0 Å². The van der Waals surface area contributed by atoms with E-state index in [9.17, 15) is 9.59 Å². The number of rotatable bonds is 5. The van der Waals surface area contributed by atoms with Gasteiger partial charge in [-0.15, -0.1) is 11.3 Å². The predicted molar refractivity (Wildman–Crippen MR) is 115 cm³/mol. The van der Waals surface area contributed by atoms with Crippen molar-refractivity contribution in [1.82, 2.24) is 14.5 Å². The molecule has 0 spiro atoms. The summed E-state index contributed by atoms with van der Waals surface area (Å²) in [5, 5.41) is 0.612. The number of aromatic amines is 1. The maximum Gasteiger partial charge on any atom is 0.331 e. The Hall–Kier alpha value is -2.67. The number of hydrogen-bond acceptors (Lipinski definition) is 5. The van der Waals surface area contributed by atoms with E-state index in [4.69, 9.17) is 4.74 Å². The van der Waals surface area contributed by atoms with E-state index < -0.39 is 12.1 Å². The van der Waals surface area contributed by atoms with E-state index in [0.29, 0.717) is 22.1 Å². The SMILES string of the molecule is Cc1sc2nc([C@H](C)OC(=O)/C=C/c3cc(C)n(C4CC4)c3C)[nH]c(=O)c2c1C. The number of aromatic nitrogens is 3. The molecule has 4 rings (SSSR count). The van der Waals surface area contributed by atoms with Crippen LogP contribution in [0.15, 0.2) is 16.9 Å². The van der Waals surface area contributed by atoms with Crippen LogP contribution in [0.25, 0.3) is 16.3 Å². The first kappa shape index (κ1) is 19.6. The van der Waals surface area contributed by atoms with Crippen molar-refractivity contribution in [3.05, 3.63) is 55.7 Å². The molecule has 3 aromatic rings. The molecule has 3 heterocycles. The summed E-state index contributed by atoms with van der Waals surface area (Å²) < 4.78 is 7.81. The second kappa shape index (κ2) is 7.30. The molecule has 0 saturated heterocycles. The molecule has 0 aromatic carbocycles. The van der Waals surface area contributed by atoms with Crippen LogP contribution in [0.2, 0.25) is 0 Å². The normalized spacial score (nSPS) is 15.3. The van der Waals surface area contributed by atoms with Crippen molar-refractivity contribution in [3.8, 4) is 0 Å². The fourth-order valence-electron chi connectivity index (χ4n) is 3.76. The number of carbonyl (C=O) groups is 1. The van der Waals surface area contributed by atoms with Crippen LogP contribution < -0.4 is 5.56 Å². The van der Waals surface area contributed by atoms with Crippen LogP contribution in [0.3, 0.4) is 0 Å². The molecule has 0 radical (unpaired) electrons. The van der Waals surface area contributed by atoms with Crippen LogP contribution in [0.4, 0.5) is 0 Å². The number of H-pyrrole nitrogens is 1. The van der Waals surface area contributed by atoms with E-state index >= 15 is 0 Å². The predicted octanol–water partition coefficient (Wildman–Crippen LogP) is 4.67. The minimum absolute atomic E-state index is 0.196. The average Bonchev–Trinajstić information content (AvgIpc) is 3.38. The molecule has 0 bridgehead atoms. The average molecular weight is 412 g/mol. The summed E-state index contributed by atoms with van der Waals surface area (Å²) in [5.41, 5.74) is 4.15. The van der Waals surface area contributed by atoms with Crippen molar-refractivity contribution in [1.29, 1.82) is 0 Å². The largest absolute Gasteiger partial charge is 0.451 e. The minimum atomic E-state index is -0.647. The Morgan fingerprint density at radius 2 is 2.07 bits per heavy atom. The molecule has 1 atom stereocenters. The molecule has 3 aromatic heterocycles. The van der Waals surface area contributed by atoms with Crippen LogP contribution in [-0.2, 0) is 9.53 Å². The lowest BCUT2D eigenvalue weighted by Crippen LogP contribution is -2.16. The number of thiophene rings is 1. The smallest absolute Gasteiger partial charge is 0.331 e. The first-order valence-electron chi connectivity index (χ1n) is 9.83. The quantitative estimate of drug-likeness (QED) is 0.489. The standard InChI is InChI=1S/C22H25N3O3S/c1-11-10-16(13(3)25(11)17-7-8-17)6-9-18(26)28-14(4)20-23-21(27)19-12(2)15(5)29-22(19)24-20/h6,9-10,14,17H,7-8H2,1-5H3,(H,23,24,27)/b9-6+/t14-/m0/s1. The van der Waals surface area contributed by atoms with Gasteiger partial charge in [-0.3, -0.25) is 4.79 Å². The summed E-state index contributed by atoms with van der Waals surface area (Å²) in [6, 6.07) is 2.70. The van der Waals surface area contributed by atoms with Crippen molar-refractivity contribution in [2.24, 2.45) is 0 Å². The third-order valence-corrected chi connectivity index (χ3v) is 6.67. The zero-order valence-electron chi connectivity index (χ0n) is 17.3. The molecule has 7 heteroatoms. The maximum atomic E-state index is 12.4. The zero-order valence-corrected chi connectivity index (χ0v) is 18.1. The Labute approximate surface area is 173 Å². The molecule has 29 heavy (non-hydrogen) atoms. The molecule has 1 fully saturated rings. The number of nitrogens with zero attached hydrogens (tertiary/aromatic N) is 2. The van der Waals surface area contributed by atoms with E-state index in [1.807, 2.05) is 13.8 Å². The molecule has 152 valence electrons. The number of fused-ring (bicyclic) bond motifs is 1. The minimum Gasteiger partial charge on any atom is -0.451 e. The van der Waals surface area contributed by atoms with Crippen LogP contribution in [0, 0.1) is 27.7 Å². The van der Waals surface area contributed by atoms with Crippen molar-refractivity contribution in [2.45, 2.75) is 59.6 Å². The number of nitrogens with one attached hydrogen (secondary N) is 1. The summed E-state index contributed by atoms with van der Waals surface area (Å²) >= 11 is 1.48. The van der Waals surface area contributed by atoms with Crippen molar-refractivity contribution in [2.75, 3.05) is 0 Å². The fraction of sp³-hybridized carbons (Fsp3) is 0.409. The van der Waals surface area contributed by atoms with E-state index in [-0.39, 0.29) is 5.56 Å². The Bertz CT molecular complexity index is 1190. The van der Waals surface area contributed by atoms with Gasteiger partial charge in [-0.2, -0.15) is 0 Å². The van der Waals surface area contributed by atoms with Crippen molar-refractivity contribution in [3.63, 3.8) is 0 Å². The van der Waals surface area contributed by atoms with Gasteiger partial charge in [0.25, 0.3) is 5.56 Å². The van der Waals surface area contributed by atoms with E-state index in [0.717, 1.165) is 16.0 Å². The lowest BCUT2D eigenvalue weighted by Gasteiger charge is -2.11. The van der Waals surface area contributed by atoms with Crippen LogP contribution in [-0.4, -0.2) is 20.5 Å². The topological polar surface area (TPSA) is 77.0 Å². The first-order valence-corrected chi connectivity index (χ1v) is 10.6. The number of esters is 1. The number of carbonyl (C=O) groups excluding carboxylic acids is 1. The number of ether oxygens (including phenoxy) is 1. The third-order valence-electron chi connectivity index (χ3n) is 5.57. The molecule has 0 unspecified atom stereocenters. The Morgan fingerprint density at radius 1 is 1.34 bits per heavy atom. The summed E-state index contributed by atoms with van der Waals surface area (Å²) in [6.45, 7) is 9.76. The fourth-order valence-corrected chi connectivity index (χ4v) is 4.79. The Kier molecular flexibility index (Phi) is 4.94. The van der Waals surface area contributed by atoms with Crippen LogP contribution in [0.5, 0.6) is 0 Å². The summed E-state index contributed by atoms with van der Waals surface area (Å²) in [6.07, 6.45) is 5.02. The Morgan fingerprint density at radius 3 is 2.76 bits per heavy atom. The van der Waals surface area contributed by atoms with E-state index in [2.05, 4.69) is 34.4 Å². The molecule has 1 aliphatic rings. The second-order valence-electron chi connectivity index (χ2n) is 7.75. The molecule has 0 amide bonds. The maximum absolute atomic E-state index is 12.4. The summed E-state index contributed by atoms with van der Waals surface area (Å²) in [4.78, 5) is 33.7. The highest BCUT2D eigenvalue weighted by Gasteiger charge is 2.26. The molecular weight excluding hydrogens is 386 g/mol. The van der Waals surface area contributed by atoms with Gasteiger partial charge in [0, 0.05) is 28.4 Å². The highest BCUT2D eigenvalue weighted by molar-refractivity contribution is 7.18. The van der Waals surface area contributed by atoms with Gasteiger partial charge in [0.05, 0.1) is 5.39 Å². The van der Waals surface area contributed by atoms with Crippen LogP contribution in [0.1, 0.15) is 65.1 Å². The molecule has 0 aliphatic heterocycles. The van der Waals surface area contributed by atoms with Gasteiger partial charge in [-0.25, -0.2) is 9.78 Å². The summed E-state index contributed by atoms with van der Waals surface area (Å²) in [5.74, 6) is -0.104. The monoisotopic (exact) mass is 411 g/mol. The van der Waals surface area contributed by atoms with Gasteiger partial charge in [0.15, 0.2) is 11.9 Å². The van der Waals surface area contributed by atoms with Gasteiger partial charge < -0.3 is 14.3 Å². The second-order valence-corrected chi connectivity index (χ2v) is 8.96. The van der Waals surface area contributed by atoms with E-state index in [1.54, 1.807) is 13.0 Å². The van der Waals surface area contributed by atoms with Crippen molar-refractivity contribution < 1.29 is 9.53 Å². The summed E-state index contributed by atoms with van der Waals surface area (Å²) in [7, 11) is 0. The molecule has 1 saturated carbocycles. The highest BCUT2D eigenvalue weighted by atomic mass is 32.1. The lowest BCUT2D eigenvalue weighted by atomic mass is 10.2. The highest BCUT2D eigenvalue weighted by Crippen LogP contribution is 2.38. The van der Waals surface area contributed by atoms with Crippen LogP contribution >= 0.6 is 11.3 Å². The molecular formula is C22H25N3O3S. The lowest BCUT2D eigenvalue weighted by molar-refractivity contribution is -0.142. The number of aryl methyl sites for hydroxylation is 3. The zero-order chi connectivity index (χ0) is 20.9. The van der Waals surface area contributed by atoms with Gasteiger partial charge in [0.1, 0.15) is 4.83 Å². The third kappa shape index (κ3) is 3.67. The van der Waals surface area contributed by atoms with Gasteiger partial charge >= 0.3 is 5.97 Å². The van der Waals surface area contributed by atoms with Crippen molar-refractivity contribution >= 4 is 33.6 Å². The molecule has 1 aliphatic carbocycles. The van der Waals surface area contributed by atoms with Gasteiger partial charge in [0.2, 0.25) is 0 Å². The van der Waals surface area contributed by atoms with E-state index in [1.165, 1.54) is 41.6 Å². The Balaban J connectivity index is 1.50. The molecule has 1 N–H and O–H groups in total. The number of hydrogen-bond donors (Lipinski definition) is 1.